The van der Waals surface area contributed by atoms with Gasteiger partial charge in [-0.05, 0) is 25.8 Å². The first kappa shape index (κ1) is 13.1. The molecule has 0 amide bonds. The Bertz CT molecular complexity index is 377. The number of nitrogens with one attached hydrogen (secondary N) is 2. The average molecular weight is 250 g/mol. The third-order valence-corrected chi connectivity index (χ3v) is 3.63. The number of aromatic nitrogens is 2. The summed E-state index contributed by atoms with van der Waals surface area (Å²) in [6, 6.07) is 1.86. The molecule has 0 saturated heterocycles. The number of hydrogen-bond donors (Lipinski definition) is 3. The summed E-state index contributed by atoms with van der Waals surface area (Å²) < 4.78 is 0. The highest BCUT2D eigenvalue weighted by molar-refractivity contribution is 5.39. The third-order valence-electron chi connectivity index (χ3n) is 3.63. The van der Waals surface area contributed by atoms with E-state index >= 15 is 0 Å². The van der Waals surface area contributed by atoms with Gasteiger partial charge in [-0.15, -0.1) is 0 Å². The Morgan fingerprint density at radius 2 is 2.11 bits per heavy atom. The Morgan fingerprint density at radius 1 is 1.33 bits per heavy atom. The minimum Gasteiger partial charge on any atom is -0.396 e. The van der Waals surface area contributed by atoms with Gasteiger partial charge in [0.1, 0.15) is 5.82 Å². The summed E-state index contributed by atoms with van der Waals surface area (Å²) in [5.74, 6) is 1.47. The van der Waals surface area contributed by atoms with Gasteiger partial charge in [-0.1, -0.05) is 12.8 Å². The molecular formula is C13H22N4O. The van der Waals surface area contributed by atoms with Crippen LogP contribution in [0.5, 0.6) is 0 Å². The van der Waals surface area contributed by atoms with Crippen molar-refractivity contribution in [2.45, 2.75) is 32.6 Å². The largest absolute Gasteiger partial charge is 0.396 e. The topological polar surface area (TPSA) is 70.1 Å². The smallest absolute Gasteiger partial charge is 0.224 e. The predicted molar refractivity (Wildman–Crippen MR) is 72.7 cm³/mol. The lowest BCUT2D eigenvalue weighted by molar-refractivity contribution is 0.142. The Hall–Kier alpha value is -1.36. The van der Waals surface area contributed by atoms with Gasteiger partial charge in [-0.2, -0.15) is 4.98 Å². The molecule has 3 N–H and O–H groups in total. The molecule has 1 saturated carbocycles. The molecule has 1 heterocycles. The summed E-state index contributed by atoms with van der Waals surface area (Å²) in [6.07, 6.45) is 6.38. The van der Waals surface area contributed by atoms with Crippen LogP contribution in [0.4, 0.5) is 11.8 Å². The van der Waals surface area contributed by atoms with Crippen LogP contribution in [0.15, 0.2) is 12.3 Å². The van der Waals surface area contributed by atoms with Gasteiger partial charge >= 0.3 is 0 Å². The summed E-state index contributed by atoms with van der Waals surface area (Å²) >= 11 is 0. The van der Waals surface area contributed by atoms with Crippen LogP contribution < -0.4 is 10.6 Å². The molecule has 0 spiro atoms. The zero-order valence-corrected chi connectivity index (χ0v) is 10.9. The Morgan fingerprint density at radius 3 is 2.78 bits per heavy atom. The minimum atomic E-state index is 0.0449. The fraction of sp³-hybridized carbons (Fsp3) is 0.692. The van der Waals surface area contributed by atoms with Crippen molar-refractivity contribution in [1.29, 1.82) is 0 Å². The van der Waals surface area contributed by atoms with Crippen molar-refractivity contribution >= 4 is 11.8 Å². The van der Waals surface area contributed by atoms with E-state index in [2.05, 4.69) is 20.6 Å². The molecule has 1 aliphatic carbocycles. The number of aliphatic hydroxyl groups excluding tert-OH is 1. The molecule has 2 rings (SSSR count). The lowest BCUT2D eigenvalue weighted by Gasteiger charge is -2.26. The van der Waals surface area contributed by atoms with E-state index in [-0.39, 0.29) is 12.0 Å². The monoisotopic (exact) mass is 250 g/mol. The number of anilines is 2. The second kappa shape index (κ2) is 6.00. The molecule has 0 radical (unpaired) electrons. The summed E-state index contributed by atoms with van der Waals surface area (Å²) in [5.41, 5.74) is 0.0449. The van der Waals surface area contributed by atoms with Crippen LogP contribution in [0.2, 0.25) is 0 Å². The van der Waals surface area contributed by atoms with Crippen molar-refractivity contribution in [1.82, 2.24) is 9.97 Å². The zero-order chi connectivity index (χ0) is 12.8. The molecular weight excluding hydrogens is 228 g/mol. The summed E-state index contributed by atoms with van der Waals surface area (Å²) in [7, 11) is 0. The van der Waals surface area contributed by atoms with Gasteiger partial charge in [0, 0.05) is 24.7 Å². The fourth-order valence-corrected chi connectivity index (χ4v) is 2.49. The van der Waals surface area contributed by atoms with Gasteiger partial charge in [0.05, 0.1) is 6.61 Å². The zero-order valence-electron chi connectivity index (χ0n) is 10.9. The van der Waals surface area contributed by atoms with Gasteiger partial charge in [0.25, 0.3) is 0 Å². The molecule has 0 unspecified atom stereocenters. The molecule has 0 aliphatic heterocycles. The van der Waals surface area contributed by atoms with Crippen molar-refractivity contribution in [2.24, 2.45) is 5.41 Å². The molecule has 5 heteroatoms. The van der Waals surface area contributed by atoms with Gasteiger partial charge in [-0.25, -0.2) is 4.98 Å². The van der Waals surface area contributed by atoms with E-state index in [1.165, 1.54) is 12.8 Å². The summed E-state index contributed by atoms with van der Waals surface area (Å²) in [4.78, 5) is 8.51. The van der Waals surface area contributed by atoms with Gasteiger partial charge in [-0.3, -0.25) is 0 Å². The van der Waals surface area contributed by atoms with Crippen molar-refractivity contribution in [3.63, 3.8) is 0 Å². The van der Waals surface area contributed by atoms with Crippen LogP contribution >= 0.6 is 0 Å². The van der Waals surface area contributed by atoms with E-state index in [9.17, 15) is 5.11 Å². The maximum atomic E-state index is 9.55. The lowest BCUT2D eigenvalue weighted by atomic mass is 9.87. The second-order valence-corrected chi connectivity index (χ2v) is 5.01. The molecule has 1 aliphatic rings. The molecule has 18 heavy (non-hydrogen) atoms. The highest BCUT2D eigenvalue weighted by Gasteiger charge is 2.32. The predicted octanol–water partition coefficient (Wildman–Crippen LogP) is 1.87. The van der Waals surface area contributed by atoms with E-state index in [0.717, 1.165) is 31.7 Å². The third kappa shape index (κ3) is 3.10. The number of hydrogen-bond acceptors (Lipinski definition) is 5. The molecule has 100 valence electrons. The highest BCUT2D eigenvalue weighted by atomic mass is 16.3. The van der Waals surface area contributed by atoms with Gasteiger partial charge in [0.2, 0.25) is 5.95 Å². The number of aliphatic hydroxyl groups is 1. The van der Waals surface area contributed by atoms with E-state index in [1.54, 1.807) is 6.20 Å². The van der Waals surface area contributed by atoms with Gasteiger partial charge < -0.3 is 15.7 Å². The second-order valence-electron chi connectivity index (χ2n) is 5.01. The number of nitrogens with zero attached hydrogens (tertiary/aromatic N) is 2. The average Bonchev–Trinajstić information content (AvgIpc) is 2.87. The molecule has 5 nitrogen and oxygen atoms in total. The van der Waals surface area contributed by atoms with Crippen molar-refractivity contribution in [3.05, 3.63) is 12.3 Å². The van der Waals surface area contributed by atoms with Crippen LogP contribution in [-0.2, 0) is 0 Å². The first-order valence-corrected chi connectivity index (χ1v) is 6.70. The van der Waals surface area contributed by atoms with Crippen LogP contribution in [0.3, 0.4) is 0 Å². The quantitative estimate of drug-likeness (QED) is 0.719. The molecule has 1 aromatic rings. The maximum Gasteiger partial charge on any atom is 0.224 e. The minimum absolute atomic E-state index is 0.0449. The van der Waals surface area contributed by atoms with Crippen molar-refractivity contribution < 1.29 is 5.11 Å². The Kier molecular flexibility index (Phi) is 4.36. The van der Waals surface area contributed by atoms with E-state index < -0.39 is 0 Å². The van der Waals surface area contributed by atoms with Gasteiger partial charge in [0.15, 0.2) is 0 Å². The van der Waals surface area contributed by atoms with Crippen LogP contribution in [0, 0.1) is 5.41 Å². The van der Waals surface area contributed by atoms with E-state index in [1.807, 2.05) is 13.0 Å². The lowest BCUT2D eigenvalue weighted by Crippen LogP contribution is -2.30. The van der Waals surface area contributed by atoms with Crippen LogP contribution in [0.1, 0.15) is 32.6 Å². The Balaban J connectivity index is 1.94. The molecule has 1 aromatic heterocycles. The highest BCUT2D eigenvalue weighted by Crippen LogP contribution is 2.37. The summed E-state index contributed by atoms with van der Waals surface area (Å²) in [5, 5.41) is 16.0. The molecule has 1 fully saturated rings. The fourth-order valence-electron chi connectivity index (χ4n) is 2.49. The van der Waals surface area contributed by atoms with Crippen LogP contribution in [0.25, 0.3) is 0 Å². The van der Waals surface area contributed by atoms with Crippen molar-refractivity contribution in [2.75, 3.05) is 30.3 Å². The van der Waals surface area contributed by atoms with E-state index in [4.69, 9.17) is 0 Å². The standard InChI is InChI=1S/C13H22N4O/c1-2-14-12-15-8-5-11(17-12)16-9-13(10-18)6-3-4-7-13/h5,8,18H,2-4,6-7,9-10H2,1H3,(H2,14,15,16,17). The molecule has 0 bridgehead atoms. The normalized spacial score (nSPS) is 17.7. The first-order chi connectivity index (χ1) is 8.78. The number of rotatable bonds is 6. The van der Waals surface area contributed by atoms with Crippen LogP contribution in [-0.4, -0.2) is 34.8 Å². The van der Waals surface area contributed by atoms with E-state index in [0.29, 0.717) is 5.95 Å². The maximum absolute atomic E-state index is 9.55. The first-order valence-electron chi connectivity index (χ1n) is 6.70. The Labute approximate surface area is 108 Å². The summed E-state index contributed by atoms with van der Waals surface area (Å²) in [6.45, 7) is 3.87. The van der Waals surface area contributed by atoms with Crippen molar-refractivity contribution in [3.8, 4) is 0 Å². The molecule has 0 atom stereocenters. The molecule has 0 aromatic carbocycles. The SMILES string of the molecule is CCNc1nccc(NCC2(CO)CCCC2)n1.